The highest BCUT2D eigenvalue weighted by molar-refractivity contribution is 7.16. The summed E-state index contributed by atoms with van der Waals surface area (Å²) in [5.41, 5.74) is 4.51. The zero-order valence-electron chi connectivity index (χ0n) is 17.2. The highest BCUT2D eigenvalue weighted by atomic mass is 32.1. The normalized spacial score (nSPS) is 13.2. The number of fused-ring (bicyclic) bond motifs is 1. The van der Waals surface area contributed by atoms with Crippen LogP contribution in [0.5, 0.6) is 0 Å². The number of hydrogen-bond acceptors (Lipinski definition) is 7. The van der Waals surface area contributed by atoms with E-state index in [2.05, 4.69) is 34.2 Å². The quantitative estimate of drug-likeness (QED) is 0.422. The molecule has 1 heterocycles. The Labute approximate surface area is 175 Å². The van der Waals surface area contributed by atoms with Gasteiger partial charge in [0.05, 0.1) is 25.3 Å². The van der Waals surface area contributed by atoms with Gasteiger partial charge in [0.1, 0.15) is 5.56 Å². The van der Waals surface area contributed by atoms with Crippen LogP contribution < -0.4 is 4.90 Å². The summed E-state index contributed by atoms with van der Waals surface area (Å²) in [6.07, 6.45) is 4.61. The Bertz CT molecular complexity index is 958. The van der Waals surface area contributed by atoms with Crippen LogP contribution in [0.15, 0.2) is 28.4 Å². The van der Waals surface area contributed by atoms with E-state index in [1.165, 1.54) is 12.0 Å². The van der Waals surface area contributed by atoms with Gasteiger partial charge in [-0.15, -0.1) is 21.6 Å². The van der Waals surface area contributed by atoms with Crippen LogP contribution >= 0.6 is 11.3 Å². The standard InChI is InChI=1S/C22H26N4O2S/c1-4-26(13-7-12-23)16-10-11-18(15(2)14-16)24-25-21-20(22(27)28-3)17-8-5-6-9-19(17)29-21/h10-11,14H,4-9,13H2,1-3H3. The van der Waals surface area contributed by atoms with E-state index in [-0.39, 0.29) is 5.97 Å². The fourth-order valence-electron chi connectivity index (χ4n) is 3.64. The van der Waals surface area contributed by atoms with E-state index in [4.69, 9.17) is 10.00 Å². The molecule has 0 spiro atoms. The van der Waals surface area contributed by atoms with E-state index in [1.807, 2.05) is 19.1 Å². The lowest BCUT2D eigenvalue weighted by molar-refractivity contribution is 0.0600. The van der Waals surface area contributed by atoms with E-state index >= 15 is 0 Å². The predicted molar refractivity (Wildman–Crippen MR) is 116 cm³/mol. The number of azo groups is 1. The van der Waals surface area contributed by atoms with Gasteiger partial charge in [-0.2, -0.15) is 5.26 Å². The largest absolute Gasteiger partial charge is 0.465 e. The number of aryl methyl sites for hydroxylation is 2. The molecule has 0 atom stereocenters. The second kappa shape index (κ2) is 9.66. The SMILES string of the molecule is CCN(CCC#N)c1ccc(N=Nc2sc3c(c2C(=O)OC)CCCC3)c(C)c1. The molecule has 6 nitrogen and oxygen atoms in total. The summed E-state index contributed by atoms with van der Waals surface area (Å²) in [5, 5.41) is 18.4. The number of thiophene rings is 1. The molecule has 1 aromatic heterocycles. The fourth-order valence-corrected chi connectivity index (χ4v) is 4.83. The van der Waals surface area contributed by atoms with Gasteiger partial charge >= 0.3 is 5.97 Å². The number of rotatable bonds is 7. The Morgan fingerprint density at radius 1 is 1.31 bits per heavy atom. The smallest absolute Gasteiger partial charge is 0.341 e. The Morgan fingerprint density at radius 2 is 2.10 bits per heavy atom. The highest BCUT2D eigenvalue weighted by Crippen LogP contribution is 2.41. The van der Waals surface area contributed by atoms with Crippen LogP contribution in [0.25, 0.3) is 0 Å². The zero-order chi connectivity index (χ0) is 20.8. The summed E-state index contributed by atoms with van der Waals surface area (Å²) < 4.78 is 5.00. The molecule has 7 heteroatoms. The van der Waals surface area contributed by atoms with Crippen molar-refractivity contribution in [3.05, 3.63) is 39.8 Å². The molecular formula is C22H26N4O2S. The fraction of sp³-hybridized carbons (Fsp3) is 0.455. The minimum absolute atomic E-state index is 0.332. The Kier molecular flexibility index (Phi) is 6.99. The average molecular weight is 411 g/mol. The van der Waals surface area contributed by atoms with Gasteiger partial charge in [0.2, 0.25) is 0 Å². The molecule has 0 N–H and O–H groups in total. The van der Waals surface area contributed by atoms with Crippen molar-refractivity contribution < 1.29 is 9.53 Å². The zero-order valence-corrected chi connectivity index (χ0v) is 18.0. The first kappa shape index (κ1) is 21.0. The number of carbonyl (C=O) groups is 1. The van der Waals surface area contributed by atoms with Crippen LogP contribution in [-0.2, 0) is 17.6 Å². The first-order valence-corrected chi connectivity index (χ1v) is 10.8. The third-order valence-corrected chi connectivity index (χ3v) is 6.39. The van der Waals surface area contributed by atoms with Gasteiger partial charge in [-0.25, -0.2) is 4.79 Å². The maximum Gasteiger partial charge on any atom is 0.341 e. The number of anilines is 1. The van der Waals surface area contributed by atoms with Crippen molar-refractivity contribution in [3.63, 3.8) is 0 Å². The number of benzene rings is 1. The van der Waals surface area contributed by atoms with Crippen LogP contribution in [-0.4, -0.2) is 26.2 Å². The molecule has 0 aliphatic heterocycles. The summed E-state index contributed by atoms with van der Waals surface area (Å²) in [6.45, 7) is 5.62. The molecule has 0 amide bonds. The van der Waals surface area contributed by atoms with Crippen molar-refractivity contribution in [1.29, 1.82) is 5.26 Å². The molecule has 1 aliphatic rings. The molecule has 0 radical (unpaired) electrons. The molecule has 0 bridgehead atoms. The number of nitriles is 1. The Balaban J connectivity index is 1.88. The molecule has 0 saturated carbocycles. The van der Waals surface area contributed by atoms with Gasteiger partial charge < -0.3 is 9.64 Å². The monoisotopic (exact) mass is 410 g/mol. The molecule has 0 fully saturated rings. The third-order valence-electron chi connectivity index (χ3n) is 5.21. The molecule has 0 saturated heterocycles. The van der Waals surface area contributed by atoms with E-state index < -0.39 is 0 Å². The van der Waals surface area contributed by atoms with Crippen molar-refractivity contribution in [1.82, 2.24) is 0 Å². The van der Waals surface area contributed by atoms with Crippen LogP contribution in [0.4, 0.5) is 16.4 Å². The molecule has 0 unspecified atom stereocenters. The van der Waals surface area contributed by atoms with Crippen LogP contribution in [0.3, 0.4) is 0 Å². The minimum atomic E-state index is -0.332. The van der Waals surface area contributed by atoms with E-state index in [0.29, 0.717) is 23.5 Å². The number of nitrogens with zero attached hydrogens (tertiary/aromatic N) is 4. The van der Waals surface area contributed by atoms with Crippen LogP contribution in [0.1, 0.15) is 52.5 Å². The van der Waals surface area contributed by atoms with E-state index in [1.54, 1.807) is 11.3 Å². The van der Waals surface area contributed by atoms with E-state index in [9.17, 15) is 4.79 Å². The van der Waals surface area contributed by atoms with Gasteiger partial charge in [0.25, 0.3) is 0 Å². The van der Waals surface area contributed by atoms with Crippen molar-refractivity contribution in [2.75, 3.05) is 25.1 Å². The third kappa shape index (κ3) is 4.65. The Morgan fingerprint density at radius 3 is 2.79 bits per heavy atom. The van der Waals surface area contributed by atoms with Crippen molar-refractivity contribution in [3.8, 4) is 6.07 Å². The molecular weight excluding hydrogens is 384 g/mol. The lowest BCUT2D eigenvalue weighted by Crippen LogP contribution is -2.23. The molecule has 1 aliphatic carbocycles. The first-order valence-electron chi connectivity index (χ1n) is 9.96. The minimum Gasteiger partial charge on any atom is -0.465 e. The summed E-state index contributed by atoms with van der Waals surface area (Å²) in [6, 6.07) is 8.20. The summed E-state index contributed by atoms with van der Waals surface area (Å²) >= 11 is 1.55. The van der Waals surface area contributed by atoms with Crippen molar-refractivity contribution in [2.24, 2.45) is 10.2 Å². The molecule has 3 rings (SSSR count). The number of carbonyl (C=O) groups excluding carboxylic acids is 1. The second-order valence-electron chi connectivity index (χ2n) is 7.04. The maximum atomic E-state index is 12.3. The molecule has 2 aromatic rings. The van der Waals surface area contributed by atoms with Gasteiger partial charge in [-0.1, -0.05) is 0 Å². The molecule has 1 aromatic carbocycles. The van der Waals surface area contributed by atoms with Crippen molar-refractivity contribution in [2.45, 2.75) is 46.0 Å². The van der Waals surface area contributed by atoms with Crippen LogP contribution in [0, 0.1) is 18.3 Å². The number of ether oxygens (including phenoxy) is 1. The Hall–Kier alpha value is -2.72. The molecule has 152 valence electrons. The van der Waals surface area contributed by atoms with Crippen LogP contribution in [0.2, 0.25) is 0 Å². The average Bonchev–Trinajstić information content (AvgIpc) is 3.11. The first-order chi connectivity index (χ1) is 14.1. The summed E-state index contributed by atoms with van der Waals surface area (Å²) in [4.78, 5) is 15.7. The van der Waals surface area contributed by atoms with Gasteiger partial charge in [-0.3, -0.25) is 0 Å². The van der Waals surface area contributed by atoms with Gasteiger partial charge in [0, 0.05) is 23.7 Å². The maximum absolute atomic E-state index is 12.3. The van der Waals surface area contributed by atoms with Gasteiger partial charge in [-0.05, 0) is 68.9 Å². The topological polar surface area (TPSA) is 78.0 Å². The number of esters is 1. The number of methoxy groups -OCH3 is 1. The van der Waals surface area contributed by atoms with E-state index in [0.717, 1.165) is 54.7 Å². The predicted octanol–water partition coefficient (Wildman–Crippen LogP) is 5.88. The summed E-state index contributed by atoms with van der Waals surface area (Å²) in [7, 11) is 1.41. The highest BCUT2D eigenvalue weighted by Gasteiger charge is 2.26. The second-order valence-corrected chi connectivity index (χ2v) is 8.12. The van der Waals surface area contributed by atoms with Gasteiger partial charge in [0.15, 0.2) is 5.00 Å². The lowest BCUT2D eigenvalue weighted by atomic mass is 9.95. The molecule has 29 heavy (non-hydrogen) atoms. The van der Waals surface area contributed by atoms with Crippen molar-refractivity contribution >= 4 is 33.7 Å². The number of hydrogen-bond donors (Lipinski definition) is 0. The summed E-state index contributed by atoms with van der Waals surface area (Å²) in [5.74, 6) is -0.332. The lowest BCUT2D eigenvalue weighted by Gasteiger charge is -2.22.